The van der Waals surface area contributed by atoms with Crippen molar-refractivity contribution in [3.05, 3.63) is 47.3 Å². The largest absolute Gasteiger partial charge is 0.435 e. The van der Waals surface area contributed by atoms with Gasteiger partial charge in [-0.1, -0.05) is 0 Å². The highest BCUT2D eigenvalue weighted by molar-refractivity contribution is 5.43. The summed E-state index contributed by atoms with van der Waals surface area (Å²) in [6, 6.07) is 4.05. The van der Waals surface area contributed by atoms with Crippen molar-refractivity contribution in [1.82, 2.24) is 9.78 Å². The Morgan fingerprint density at radius 3 is 2.40 bits per heavy atom. The molecule has 2 rings (SSSR count). The molecule has 0 atom stereocenters. The molecule has 0 saturated carbocycles. The molecule has 8 heteroatoms. The van der Waals surface area contributed by atoms with Crippen LogP contribution < -0.4 is 5.32 Å². The number of nitrogens with one attached hydrogen (secondary N) is 1. The molecule has 0 bridgehead atoms. The lowest BCUT2D eigenvalue weighted by atomic mass is 10.3. The molecule has 0 aliphatic heterocycles. The van der Waals surface area contributed by atoms with E-state index in [0.717, 1.165) is 22.9 Å². The zero-order valence-electron chi connectivity index (χ0n) is 10.3. The zero-order valence-corrected chi connectivity index (χ0v) is 10.3. The zero-order chi connectivity index (χ0) is 14.9. The van der Waals surface area contributed by atoms with E-state index in [0.29, 0.717) is 0 Å². The quantitative estimate of drug-likeness (QED) is 0.879. The van der Waals surface area contributed by atoms with E-state index in [-0.39, 0.29) is 17.9 Å². The van der Waals surface area contributed by atoms with Crippen LogP contribution in [-0.2, 0) is 19.8 Å². The number of alkyl halides is 3. The normalized spacial score (nSPS) is 11.7. The minimum absolute atomic E-state index is 0.00462. The highest BCUT2D eigenvalue weighted by atomic mass is 19.4. The second-order valence-electron chi connectivity index (χ2n) is 4.12. The Kier molecular flexibility index (Phi) is 3.65. The van der Waals surface area contributed by atoms with E-state index in [1.165, 1.54) is 13.1 Å². The SMILES string of the molecule is Cn1nc(C(F)(F)F)cc1CNc1ccc(F)c(F)c1. The van der Waals surface area contributed by atoms with E-state index >= 15 is 0 Å². The standard InChI is InChI=1S/C12H10F5N3/c1-20-8(5-11(19-20)12(15,16)17)6-18-7-2-3-9(13)10(14)4-7/h2-5,18H,6H2,1H3. The Labute approximate surface area is 111 Å². The van der Waals surface area contributed by atoms with Gasteiger partial charge in [0, 0.05) is 18.8 Å². The first-order chi connectivity index (χ1) is 9.27. The van der Waals surface area contributed by atoms with E-state index in [4.69, 9.17) is 0 Å². The van der Waals surface area contributed by atoms with Crippen molar-refractivity contribution in [3.8, 4) is 0 Å². The van der Waals surface area contributed by atoms with Gasteiger partial charge in [-0.05, 0) is 18.2 Å². The first kappa shape index (κ1) is 14.3. The molecule has 1 N–H and O–H groups in total. The van der Waals surface area contributed by atoms with E-state index < -0.39 is 23.5 Å². The summed E-state index contributed by atoms with van der Waals surface area (Å²) < 4.78 is 64.1. The van der Waals surface area contributed by atoms with Gasteiger partial charge in [-0.15, -0.1) is 0 Å². The van der Waals surface area contributed by atoms with Crippen molar-refractivity contribution in [2.75, 3.05) is 5.32 Å². The van der Waals surface area contributed by atoms with Crippen molar-refractivity contribution in [1.29, 1.82) is 0 Å². The summed E-state index contributed by atoms with van der Waals surface area (Å²) in [7, 11) is 1.37. The lowest BCUT2D eigenvalue weighted by molar-refractivity contribution is -0.141. The Morgan fingerprint density at radius 1 is 1.15 bits per heavy atom. The van der Waals surface area contributed by atoms with Gasteiger partial charge in [-0.25, -0.2) is 8.78 Å². The molecule has 20 heavy (non-hydrogen) atoms. The maximum Gasteiger partial charge on any atom is 0.435 e. The van der Waals surface area contributed by atoms with Crippen LogP contribution in [0.3, 0.4) is 0 Å². The molecule has 1 heterocycles. The van der Waals surface area contributed by atoms with Crippen LogP contribution >= 0.6 is 0 Å². The first-order valence-corrected chi connectivity index (χ1v) is 5.56. The van der Waals surface area contributed by atoms with E-state index in [2.05, 4.69) is 10.4 Å². The van der Waals surface area contributed by atoms with Crippen molar-refractivity contribution < 1.29 is 22.0 Å². The molecule has 108 valence electrons. The molecule has 0 aliphatic rings. The van der Waals surface area contributed by atoms with Gasteiger partial charge in [0.2, 0.25) is 0 Å². The summed E-state index contributed by atoms with van der Waals surface area (Å²) in [5.41, 5.74) is -0.470. The fourth-order valence-corrected chi connectivity index (χ4v) is 1.61. The highest BCUT2D eigenvalue weighted by Crippen LogP contribution is 2.28. The van der Waals surface area contributed by atoms with Crippen LogP contribution in [0.25, 0.3) is 0 Å². The molecule has 0 saturated heterocycles. The van der Waals surface area contributed by atoms with E-state index in [1.54, 1.807) is 0 Å². The molecular weight excluding hydrogens is 281 g/mol. The minimum atomic E-state index is -4.52. The topological polar surface area (TPSA) is 29.9 Å². The van der Waals surface area contributed by atoms with Crippen molar-refractivity contribution in [2.45, 2.75) is 12.7 Å². The Balaban J connectivity index is 2.11. The van der Waals surface area contributed by atoms with Crippen molar-refractivity contribution >= 4 is 5.69 Å². The molecular formula is C12H10F5N3. The highest BCUT2D eigenvalue weighted by Gasteiger charge is 2.34. The predicted molar refractivity (Wildman–Crippen MR) is 61.9 cm³/mol. The lowest BCUT2D eigenvalue weighted by Gasteiger charge is -2.06. The van der Waals surface area contributed by atoms with Gasteiger partial charge in [0.1, 0.15) is 0 Å². The Morgan fingerprint density at radius 2 is 1.85 bits per heavy atom. The van der Waals surface area contributed by atoms with Gasteiger partial charge in [-0.2, -0.15) is 18.3 Å². The number of hydrogen-bond donors (Lipinski definition) is 1. The van der Waals surface area contributed by atoms with Crippen LogP contribution in [0.2, 0.25) is 0 Å². The monoisotopic (exact) mass is 291 g/mol. The van der Waals surface area contributed by atoms with Crippen LogP contribution in [-0.4, -0.2) is 9.78 Å². The number of aromatic nitrogens is 2. The average Bonchev–Trinajstić information content (AvgIpc) is 2.72. The van der Waals surface area contributed by atoms with Gasteiger partial charge in [0.25, 0.3) is 0 Å². The molecule has 0 spiro atoms. The summed E-state index contributed by atoms with van der Waals surface area (Å²) in [6.45, 7) is 0.00462. The van der Waals surface area contributed by atoms with Gasteiger partial charge in [-0.3, -0.25) is 4.68 Å². The van der Waals surface area contributed by atoms with E-state index in [1.807, 2.05) is 0 Å². The maximum atomic E-state index is 13.0. The second kappa shape index (κ2) is 5.10. The molecule has 0 amide bonds. The third-order valence-electron chi connectivity index (χ3n) is 2.66. The van der Waals surface area contributed by atoms with Gasteiger partial charge >= 0.3 is 6.18 Å². The Hall–Kier alpha value is -2.12. The van der Waals surface area contributed by atoms with E-state index in [9.17, 15) is 22.0 Å². The Bertz CT molecular complexity index is 618. The van der Waals surface area contributed by atoms with Gasteiger partial charge < -0.3 is 5.32 Å². The van der Waals surface area contributed by atoms with Crippen LogP contribution in [0.1, 0.15) is 11.4 Å². The number of hydrogen-bond acceptors (Lipinski definition) is 2. The maximum absolute atomic E-state index is 13.0. The van der Waals surface area contributed by atoms with Crippen molar-refractivity contribution in [3.63, 3.8) is 0 Å². The van der Waals surface area contributed by atoms with Crippen LogP contribution in [0, 0.1) is 11.6 Å². The van der Waals surface area contributed by atoms with Crippen LogP contribution in [0.4, 0.5) is 27.6 Å². The summed E-state index contributed by atoms with van der Waals surface area (Å²) in [4.78, 5) is 0. The van der Waals surface area contributed by atoms with Crippen LogP contribution in [0.5, 0.6) is 0 Å². The number of anilines is 1. The van der Waals surface area contributed by atoms with Gasteiger partial charge in [0.15, 0.2) is 17.3 Å². The third-order valence-corrected chi connectivity index (χ3v) is 2.66. The minimum Gasteiger partial charge on any atom is -0.379 e. The summed E-state index contributed by atoms with van der Waals surface area (Å²) >= 11 is 0. The second-order valence-corrected chi connectivity index (χ2v) is 4.12. The van der Waals surface area contributed by atoms with Gasteiger partial charge in [0.05, 0.1) is 12.2 Å². The predicted octanol–water partition coefficient (Wildman–Crippen LogP) is 3.33. The summed E-state index contributed by atoms with van der Waals surface area (Å²) in [5.74, 6) is -2.02. The molecule has 1 aromatic carbocycles. The number of halogens is 5. The first-order valence-electron chi connectivity index (χ1n) is 5.56. The van der Waals surface area contributed by atoms with Crippen molar-refractivity contribution in [2.24, 2.45) is 7.05 Å². The average molecular weight is 291 g/mol. The molecule has 0 unspecified atom stereocenters. The summed E-state index contributed by atoms with van der Waals surface area (Å²) in [6.07, 6.45) is -4.52. The molecule has 0 fully saturated rings. The lowest BCUT2D eigenvalue weighted by Crippen LogP contribution is -2.07. The molecule has 0 aliphatic carbocycles. The fourth-order valence-electron chi connectivity index (χ4n) is 1.61. The number of nitrogens with zero attached hydrogens (tertiary/aromatic N) is 2. The molecule has 1 aromatic heterocycles. The summed E-state index contributed by atoms with van der Waals surface area (Å²) in [5, 5.41) is 6.04. The number of rotatable bonds is 3. The number of aryl methyl sites for hydroxylation is 1. The fraction of sp³-hybridized carbons (Fsp3) is 0.250. The molecule has 3 nitrogen and oxygen atoms in total. The molecule has 0 radical (unpaired) electrons. The third kappa shape index (κ3) is 3.06. The number of benzene rings is 1. The molecule has 2 aromatic rings. The smallest absolute Gasteiger partial charge is 0.379 e. The van der Waals surface area contributed by atoms with Crippen LogP contribution in [0.15, 0.2) is 24.3 Å².